The maximum atomic E-state index is 13.0. The second kappa shape index (κ2) is 8.24. The van der Waals surface area contributed by atoms with Crippen LogP contribution in [0.5, 0.6) is 0 Å². The van der Waals surface area contributed by atoms with E-state index in [0.29, 0.717) is 22.8 Å². The van der Waals surface area contributed by atoms with Crippen molar-refractivity contribution in [2.75, 3.05) is 5.32 Å². The first-order chi connectivity index (χ1) is 15.0. The Balaban J connectivity index is 1.69. The van der Waals surface area contributed by atoms with Crippen molar-refractivity contribution < 1.29 is 23.1 Å². The predicted molar refractivity (Wildman–Crippen MR) is 116 cm³/mol. The lowest BCUT2D eigenvalue weighted by Gasteiger charge is -2.22. The van der Waals surface area contributed by atoms with E-state index in [1.54, 1.807) is 26.0 Å². The summed E-state index contributed by atoms with van der Waals surface area (Å²) in [6.45, 7) is 3.18. The van der Waals surface area contributed by atoms with E-state index >= 15 is 0 Å². The van der Waals surface area contributed by atoms with Gasteiger partial charge in [-0.25, -0.2) is 0 Å². The minimum atomic E-state index is -4.54. The number of halogens is 3. The van der Waals surface area contributed by atoms with Gasteiger partial charge in [-0.2, -0.15) is 18.3 Å². The van der Waals surface area contributed by atoms with E-state index in [4.69, 9.17) is 5.10 Å². The molecule has 4 rings (SSSR count). The average Bonchev–Trinajstić information content (AvgIpc) is 3.16. The molecule has 5 nitrogen and oxygen atoms in total. The maximum absolute atomic E-state index is 13.0. The molecule has 0 bridgehead atoms. The molecule has 32 heavy (non-hydrogen) atoms. The van der Waals surface area contributed by atoms with Crippen LogP contribution in [0, 0.1) is 0 Å². The number of fused-ring (bicyclic) bond motifs is 1. The highest BCUT2D eigenvalue weighted by Crippen LogP contribution is 2.35. The lowest BCUT2D eigenvalue weighted by atomic mass is 9.95. The Labute approximate surface area is 184 Å². The topological polar surface area (TPSA) is 67.2 Å². The molecular formula is C24H26F3N3O2. The first-order valence-corrected chi connectivity index (χ1v) is 10.8. The lowest BCUT2D eigenvalue weighted by molar-refractivity contribution is -0.137. The van der Waals surface area contributed by atoms with Gasteiger partial charge in [0.15, 0.2) is 0 Å². The molecule has 1 fully saturated rings. The van der Waals surface area contributed by atoms with Crippen molar-refractivity contribution in [3.63, 3.8) is 0 Å². The van der Waals surface area contributed by atoms with Gasteiger partial charge in [0.25, 0.3) is 5.91 Å². The van der Waals surface area contributed by atoms with E-state index in [-0.39, 0.29) is 5.56 Å². The number of aromatic nitrogens is 2. The summed E-state index contributed by atoms with van der Waals surface area (Å²) in [7, 11) is 0. The molecule has 1 saturated carbocycles. The van der Waals surface area contributed by atoms with Gasteiger partial charge in [0.1, 0.15) is 0 Å². The van der Waals surface area contributed by atoms with Crippen molar-refractivity contribution in [1.29, 1.82) is 0 Å². The number of benzene rings is 2. The number of carbonyl (C=O) groups excluding carboxylic acids is 1. The molecular weight excluding hydrogens is 419 g/mol. The predicted octanol–water partition coefficient (Wildman–Crippen LogP) is 6.04. The zero-order valence-electron chi connectivity index (χ0n) is 18.0. The van der Waals surface area contributed by atoms with Crippen molar-refractivity contribution in [2.24, 2.45) is 0 Å². The number of nitrogens with zero attached hydrogens (tertiary/aromatic N) is 2. The quantitative estimate of drug-likeness (QED) is 0.515. The third-order valence-electron chi connectivity index (χ3n) is 5.97. The molecule has 3 aromatic rings. The van der Waals surface area contributed by atoms with Gasteiger partial charge in [-0.15, -0.1) is 0 Å². The second-order valence-corrected chi connectivity index (χ2v) is 8.95. The number of amides is 1. The van der Waals surface area contributed by atoms with Crippen LogP contribution in [0.4, 0.5) is 18.9 Å². The van der Waals surface area contributed by atoms with Crippen LogP contribution >= 0.6 is 0 Å². The summed E-state index contributed by atoms with van der Waals surface area (Å²) in [4.78, 5) is 12.8. The Morgan fingerprint density at radius 3 is 2.50 bits per heavy atom. The number of hydrogen-bond acceptors (Lipinski definition) is 3. The fourth-order valence-corrected chi connectivity index (χ4v) is 4.26. The van der Waals surface area contributed by atoms with Crippen LogP contribution in [0.1, 0.15) is 73.5 Å². The highest BCUT2D eigenvalue weighted by molar-refractivity contribution is 6.05. The Bertz CT molecular complexity index is 1140. The smallest absolute Gasteiger partial charge is 0.386 e. The molecule has 0 atom stereocenters. The van der Waals surface area contributed by atoms with E-state index in [1.165, 1.54) is 18.6 Å². The molecule has 0 spiro atoms. The molecule has 0 radical (unpaired) electrons. The average molecular weight is 445 g/mol. The first kappa shape index (κ1) is 22.3. The maximum Gasteiger partial charge on any atom is 0.416 e. The Morgan fingerprint density at radius 1 is 1.12 bits per heavy atom. The third-order valence-corrected chi connectivity index (χ3v) is 5.97. The zero-order valence-corrected chi connectivity index (χ0v) is 18.0. The van der Waals surface area contributed by atoms with Crippen LogP contribution in [0.25, 0.3) is 10.9 Å². The summed E-state index contributed by atoms with van der Waals surface area (Å²) in [5.74, 6) is -0.680. The van der Waals surface area contributed by atoms with Crippen LogP contribution in [0.2, 0.25) is 0 Å². The monoisotopic (exact) mass is 445 g/mol. The van der Waals surface area contributed by atoms with Gasteiger partial charge < -0.3 is 10.4 Å². The van der Waals surface area contributed by atoms with Crippen LogP contribution < -0.4 is 5.32 Å². The fraction of sp³-hybridized carbons (Fsp3) is 0.417. The van der Waals surface area contributed by atoms with E-state index in [0.717, 1.165) is 43.2 Å². The Morgan fingerprint density at radius 2 is 1.84 bits per heavy atom. The van der Waals surface area contributed by atoms with Crippen molar-refractivity contribution in [1.82, 2.24) is 9.78 Å². The lowest BCUT2D eigenvalue weighted by Crippen LogP contribution is -2.21. The molecule has 1 heterocycles. The molecule has 1 aromatic heterocycles. The van der Waals surface area contributed by atoms with E-state index in [9.17, 15) is 23.1 Å². The fourth-order valence-electron chi connectivity index (χ4n) is 4.26. The summed E-state index contributed by atoms with van der Waals surface area (Å²) in [6.07, 6.45) is 3.06. The van der Waals surface area contributed by atoms with Gasteiger partial charge in [0.05, 0.1) is 22.7 Å². The summed E-state index contributed by atoms with van der Waals surface area (Å²) in [5, 5.41) is 18.9. The molecule has 1 aliphatic rings. The molecule has 8 heteroatoms. The molecule has 2 aromatic carbocycles. The van der Waals surface area contributed by atoms with Gasteiger partial charge in [0, 0.05) is 28.4 Å². The van der Waals surface area contributed by atoms with Crippen molar-refractivity contribution in [2.45, 2.75) is 63.8 Å². The number of alkyl halides is 3. The standard InChI is InChI=1S/C24H26F3N3O2/c1-23(2,32)19-13-20-16(14-30(29-20)18-9-4-3-5-10-18)12-21(19)28-22(31)15-7-6-8-17(11-15)24(25,26)27/h6-8,11-14,18,32H,3-5,9-10H2,1-2H3,(H,28,31). The second-order valence-electron chi connectivity index (χ2n) is 8.95. The van der Waals surface area contributed by atoms with E-state index < -0.39 is 23.2 Å². The first-order valence-electron chi connectivity index (χ1n) is 10.8. The van der Waals surface area contributed by atoms with Crippen molar-refractivity contribution in [3.05, 3.63) is 59.3 Å². The summed E-state index contributed by atoms with van der Waals surface area (Å²) in [5.41, 5.74) is -0.810. The summed E-state index contributed by atoms with van der Waals surface area (Å²) in [6, 6.07) is 8.05. The molecule has 1 aliphatic carbocycles. The molecule has 2 N–H and O–H groups in total. The third kappa shape index (κ3) is 4.65. The van der Waals surface area contributed by atoms with Gasteiger partial charge in [0.2, 0.25) is 0 Å². The van der Waals surface area contributed by atoms with Crippen LogP contribution in [0.3, 0.4) is 0 Å². The van der Waals surface area contributed by atoms with Crippen molar-refractivity contribution >= 4 is 22.5 Å². The Hall–Kier alpha value is -2.87. The van der Waals surface area contributed by atoms with Crippen molar-refractivity contribution in [3.8, 4) is 0 Å². The molecule has 0 saturated heterocycles. The molecule has 170 valence electrons. The zero-order chi connectivity index (χ0) is 23.1. The van der Waals surface area contributed by atoms with Gasteiger partial charge >= 0.3 is 6.18 Å². The number of hydrogen-bond donors (Lipinski definition) is 2. The van der Waals surface area contributed by atoms with Gasteiger partial charge in [-0.1, -0.05) is 25.3 Å². The van der Waals surface area contributed by atoms with Crippen LogP contribution in [0.15, 0.2) is 42.6 Å². The highest BCUT2D eigenvalue weighted by atomic mass is 19.4. The SMILES string of the molecule is CC(C)(O)c1cc2nn(C3CCCCC3)cc2cc1NC(=O)c1cccc(C(F)(F)F)c1. The van der Waals surface area contributed by atoms with Crippen LogP contribution in [-0.2, 0) is 11.8 Å². The van der Waals surface area contributed by atoms with E-state index in [1.807, 2.05) is 10.9 Å². The minimum Gasteiger partial charge on any atom is -0.386 e. The Kier molecular flexibility index (Phi) is 5.75. The number of anilines is 1. The van der Waals surface area contributed by atoms with Gasteiger partial charge in [-0.05, 0) is 57.0 Å². The molecule has 1 amide bonds. The number of carbonyl (C=O) groups is 1. The largest absolute Gasteiger partial charge is 0.416 e. The summed E-state index contributed by atoms with van der Waals surface area (Å²) < 4.78 is 41.1. The number of aliphatic hydroxyl groups is 1. The minimum absolute atomic E-state index is 0.112. The highest BCUT2D eigenvalue weighted by Gasteiger charge is 2.31. The molecule has 0 unspecified atom stereocenters. The number of rotatable bonds is 4. The van der Waals surface area contributed by atoms with E-state index in [2.05, 4.69) is 5.32 Å². The van der Waals surface area contributed by atoms with Crippen LogP contribution in [-0.4, -0.2) is 20.8 Å². The normalized spacial score (nSPS) is 15.8. The summed E-state index contributed by atoms with van der Waals surface area (Å²) >= 11 is 0. The molecule has 0 aliphatic heterocycles. The van der Waals surface area contributed by atoms with Gasteiger partial charge in [-0.3, -0.25) is 9.48 Å². The number of nitrogens with one attached hydrogen (secondary N) is 1.